The van der Waals surface area contributed by atoms with Crippen molar-refractivity contribution in [2.75, 3.05) is 18.0 Å². The molecular weight excluding hydrogens is 831 g/mol. The Morgan fingerprint density at radius 2 is 1.43 bits per heavy atom. The van der Waals surface area contributed by atoms with E-state index in [1.165, 1.54) is 36.5 Å². The molecule has 1 aromatic heterocycles. The molecule has 0 spiro atoms. The molecule has 0 radical (unpaired) electrons. The number of aromatic nitrogens is 1. The molecule has 3 heterocycles. The summed E-state index contributed by atoms with van der Waals surface area (Å²) in [5.74, 6) is -1.15. The summed E-state index contributed by atoms with van der Waals surface area (Å²) in [6, 6.07) is 16.5. The van der Waals surface area contributed by atoms with E-state index in [2.05, 4.69) is 9.56 Å². The van der Waals surface area contributed by atoms with Gasteiger partial charge in [0.1, 0.15) is 11.4 Å². The van der Waals surface area contributed by atoms with Crippen LogP contribution in [0.5, 0.6) is 0 Å². The Hall–Kier alpha value is -5.56. The maximum Gasteiger partial charge on any atom is 0.337 e. The SMILES string of the molecule is CCN1/C(=C/C=C(/C=C/C2=[N+](CC)c3ccc4ccc(S(=O)(=O)O)cc4c3C2(C)C)c2ccc(C(=O)O)cn2)C(C)(C)c2c1ccc1c(S(=O)(=O)O)cc(S(=O)(=O)O)cc21. The van der Waals surface area contributed by atoms with E-state index in [1.807, 2.05) is 82.9 Å². The standard InChI is InChI=1S/C43H41N3O11S3/c1-7-45-34-17-11-25-9-14-28(58(49,50)51)21-31(25)39(34)42(3,4)37(45)19-12-26(33-16-10-27(24-44-33)41(47)48)13-20-38-43(5,6)40-32-22-29(59(52,53)54)23-36(60(55,56)57)30(32)15-18-35(40)46(38)8-2/h9-24H,7-8H2,1-6H3,(H3-,47,48,49,50,51,52,53,54,55,56,57)/p+1. The van der Waals surface area contributed by atoms with Gasteiger partial charge in [0.2, 0.25) is 5.69 Å². The quantitative estimate of drug-likeness (QED) is 0.0605. The number of hydrogen-bond acceptors (Lipinski definition) is 9. The second-order valence-corrected chi connectivity index (χ2v) is 19.8. The van der Waals surface area contributed by atoms with Crippen LogP contribution in [0.15, 0.2) is 118 Å². The fourth-order valence-corrected chi connectivity index (χ4v) is 10.5. The number of likely N-dealkylation sites (N-methyl/N-ethyl adjacent to an activating group) is 1. The van der Waals surface area contributed by atoms with E-state index >= 15 is 0 Å². The van der Waals surface area contributed by atoms with Crippen LogP contribution in [0.1, 0.15) is 68.7 Å². The number of carboxylic acids is 1. The first kappa shape index (κ1) is 42.6. The van der Waals surface area contributed by atoms with Crippen LogP contribution in [0.4, 0.5) is 11.4 Å². The van der Waals surface area contributed by atoms with Crippen LogP contribution in [0.3, 0.4) is 0 Å². The number of hydrogen-bond donors (Lipinski definition) is 4. The third-order valence-corrected chi connectivity index (χ3v) is 13.9. The number of anilines is 1. The first-order chi connectivity index (χ1) is 27.9. The molecule has 7 rings (SSSR count). The van der Waals surface area contributed by atoms with Crippen molar-refractivity contribution in [3.63, 3.8) is 0 Å². The maximum absolute atomic E-state index is 12.5. The number of allylic oxidation sites excluding steroid dienone is 6. The van der Waals surface area contributed by atoms with Gasteiger partial charge in [-0.25, -0.2) is 4.79 Å². The highest BCUT2D eigenvalue weighted by Gasteiger charge is 2.45. The zero-order valence-electron chi connectivity index (χ0n) is 33.4. The van der Waals surface area contributed by atoms with Gasteiger partial charge in [-0.1, -0.05) is 32.1 Å². The second kappa shape index (κ2) is 14.6. The molecule has 2 aliphatic heterocycles. The number of fused-ring (bicyclic) bond motifs is 6. The summed E-state index contributed by atoms with van der Waals surface area (Å²) in [4.78, 5) is 16.7. The van der Waals surface area contributed by atoms with E-state index in [1.54, 1.807) is 18.2 Å². The summed E-state index contributed by atoms with van der Waals surface area (Å²) in [5, 5.41) is 11.3. The Balaban J connectivity index is 1.41. The maximum atomic E-state index is 12.5. The Labute approximate surface area is 347 Å². The highest BCUT2D eigenvalue weighted by atomic mass is 32.2. The molecule has 5 aromatic rings. The highest BCUT2D eigenvalue weighted by molar-refractivity contribution is 7.87. The third-order valence-electron chi connectivity index (χ3n) is 11.4. The van der Waals surface area contributed by atoms with Gasteiger partial charge in [-0.15, -0.1) is 0 Å². The molecule has 0 unspecified atom stereocenters. The molecule has 14 nitrogen and oxygen atoms in total. The summed E-state index contributed by atoms with van der Waals surface area (Å²) in [6.07, 6.45) is 8.73. The minimum atomic E-state index is -4.93. The van der Waals surface area contributed by atoms with E-state index < -0.39 is 56.9 Å². The average molecular weight is 873 g/mol. The molecule has 312 valence electrons. The van der Waals surface area contributed by atoms with Crippen LogP contribution in [0, 0.1) is 0 Å². The molecule has 0 bridgehead atoms. The van der Waals surface area contributed by atoms with Gasteiger partial charge in [-0.05, 0) is 110 Å². The lowest BCUT2D eigenvalue weighted by Gasteiger charge is -2.26. The molecule has 0 saturated carbocycles. The van der Waals surface area contributed by atoms with E-state index in [0.29, 0.717) is 41.0 Å². The summed E-state index contributed by atoms with van der Waals surface area (Å²) in [6.45, 7) is 12.7. The average Bonchev–Trinajstić information content (AvgIpc) is 3.54. The summed E-state index contributed by atoms with van der Waals surface area (Å²) in [7, 11) is -14.3. The molecule has 0 atom stereocenters. The van der Waals surface area contributed by atoms with Crippen LogP contribution < -0.4 is 4.90 Å². The minimum Gasteiger partial charge on any atom is -0.478 e. The first-order valence-electron chi connectivity index (χ1n) is 18.7. The number of pyridine rings is 1. The zero-order chi connectivity index (χ0) is 43.9. The Morgan fingerprint density at radius 1 is 0.767 bits per heavy atom. The summed E-state index contributed by atoms with van der Waals surface area (Å²) < 4.78 is 106. The lowest BCUT2D eigenvalue weighted by molar-refractivity contribution is -0.433. The van der Waals surface area contributed by atoms with Crippen molar-refractivity contribution in [2.45, 2.75) is 67.1 Å². The van der Waals surface area contributed by atoms with E-state index in [-0.39, 0.29) is 21.2 Å². The van der Waals surface area contributed by atoms with Crippen molar-refractivity contribution in [3.05, 3.63) is 125 Å². The van der Waals surface area contributed by atoms with Gasteiger partial charge < -0.3 is 10.0 Å². The van der Waals surface area contributed by atoms with E-state index in [0.717, 1.165) is 34.1 Å². The lowest BCUT2D eigenvalue weighted by atomic mass is 9.79. The van der Waals surface area contributed by atoms with Crippen LogP contribution in [0.2, 0.25) is 0 Å². The van der Waals surface area contributed by atoms with Crippen molar-refractivity contribution in [1.29, 1.82) is 0 Å². The number of rotatable bonds is 10. The van der Waals surface area contributed by atoms with Gasteiger partial charge >= 0.3 is 5.97 Å². The third kappa shape index (κ3) is 7.14. The van der Waals surface area contributed by atoms with Gasteiger partial charge in [0.25, 0.3) is 30.4 Å². The van der Waals surface area contributed by atoms with Crippen molar-refractivity contribution in [1.82, 2.24) is 4.98 Å². The lowest BCUT2D eigenvalue weighted by Crippen LogP contribution is -2.27. The molecule has 0 aliphatic carbocycles. The first-order valence-corrected chi connectivity index (χ1v) is 23.1. The van der Waals surface area contributed by atoms with Gasteiger partial charge in [-0.3, -0.25) is 18.6 Å². The minimum absolute atomic E-state index is 0.0135. The summed E-state index contributed by atoms with van der Waals surface area (Å²) in [5.41, 5.74) is 3.92. The number of carboxylic acid groups (broad SMARTS) is 1. The molecule has 0 amide bonds. The van der Waals surface area contributed by atoms with Gasteiger partial charge in [-0.2, -0.15) is 29.8 Å². The topological polar surface area (TPSA) is 220 Å². The molecule has 4 N–H and O–H groups in total. The predicted octanol–water partition coefficient (Wildman–Crippen LogP) is 7.56. The van der Waals surface area contributed by atoms with Gasteiger partial charge in [0.15, 0.2) is 5.71 Å². The molecule has 2 aliphatic rings. The van der Waals surface area contributed by atoms with Crippen LogP contribution in [-0.4, -0.2) is 78.3 Å². The summed E-state index contributed by atoms with van der Waals surface area (Å²) >= 11 is 0. The normalized spacial score (nSPS) is 17.3. The fraction of sp³-hybridized carbons (Fsp3) is 0.233. The number of carbonyl (C=O) groups is 1. The van der Waals surface area contributed by atoms with Crippen LogP contribution in [0.25, 0.3) is 27.1 Å². The van der Waals surface area contributed by atoms with E-state index in [4.69, 9.17) is 0 Å². The molecular formula is C43H42N3O11S3+. The van der Waals surface area contributed by atoms with Gasteiger partial charge in [0, 0.05) is 58.2 Å². The Kier molecular flexibility index (Phi) is 10.3. The van der Waals surface area contributed by atoms with Gasteiger partial charge in [0.05, 0.1) is 26.5 Å². The van der Waals surface area contributed by atoms with Crippen LogP contribution >= 0.6 is 0 Å². The molecule has 4 aromatic carbocycles. The predicted molar refractivity (Wildman–Crippen MR) is 228 cm³/mol. The smallest absolute Gasteiger partial charge is 0.337 e. The Morgan fingerprint density at radius 3 is 2.02 bits per heavy atom. The van der Waals surface area contributed by atoms with Crippen LogP contribution in [-0.2, 0) is 41.2 Å². The second-order valence-electron chi connectivity index (χ2n) is 15.6. The number of benzene rings is 4. The largest absolute Gasteiger partial charge is 0.478 e. The van der Waals surface area contributed by atoms with Crippen molar-refractivity contribution in [2.24, 2.45) is 0 Å². The fourth-order valence-electron chi connectivity index (χ4n) is 8.66. The monoisotopic (exact) mass is 872 g/mol. The van der Waals surface area contributed by atoms with Crippen molar-refractivity contribution < 1.29 is 53.4 Å². The van der Waals surface area contributed by atoms with Crippen molar-refractivity contribution in [3.8, 4) is 0 Å². The van der Waals surface area contributed by atoms with E-state index in [9.17, 15) is 48.8 Å². The Bertz CT molecular complexity index is 3170. The zero-order valence-corrected chi connectivity index (χ0v) is 35.8. The molecule has 0 saturated heterocycles. The highest BCUT2D eigenvalue weighted by Crippen LogP contribution is 2.52. The molecule has 60 heavy (non-hydrogen) atoms. The molecule has 17 heteroatoms. The number of aromatic carboxylic acids is 1. The number of nitrogens with zero attached hydrogens (tertiary/aromatic N) is 3. The molecule has 0 fully saturated rings. The van der Waals surface area contributed by atoms with Crippen molar-refractivity contribution >= 4 is 80.5 Å².